The maximum Gasteiger partial charge on any atom is 0.220 e. The standard InChI is InChI=1S/C13H19NO2/c1-11-4-2-5-12(10-11)7-8-14-13(16)6-3-9-15/h2,4-5,10,15H,3,6-9H2,1H3,(H,14,16). The molecule has 0 bridgehead atoms. The molecule has 3 heteroatoms. The number of amides is 1. The lowest BCUT2D eigenvalue weighted by Gasteiger charge is -2.05. The number of aliphatic hydroxyl groups excluding tert-OH is 1. The summed E-state index contributed by atoms with van der Waals surface area (Å²) in [6, 6.07) is 8.27. The molecule has 0 heterocycles. The van der Waals surface area contributed by atoms with Crippen molar-refractivity contribution in [1.29, 1.82) is 0 Å². The predicted octanol–water partition coefficient (Wildman–Crippen LogP) is 1.43. The molecule has 2 N–H and O–H groups in total. The van der Waals surface area contributed by atoms with Crippen LogP contribution in [-0.4, -0.2) is 24.2 Å². The highest BCUT2D eigenvalue weighted by Crippen LogP contribution is 2.03. The topological polar surface area (TPSA) is 49.3 Å². The second-order valence-electron chi connectivity index (χ2n) is 3.92. The van der Waals surface area contributed by atoms with E-state index in [1.807, 2.05) is 6.07 Å². The van der Waals surface area contributed by atoms with E-state index in [1.165, 1.54) is 11.1 Å². The summed E-state index contributed by atoms with van der Waals surface area (Å²) in [6.45, 7) is 2.79. The third-order valence-corrected chi connectivity index (χ3v) is 2.38. The molecule has 0 aliphatic carbocycles. The number of hydrogen-bond acceptors (Lipinski definition) is 2. The van der Waals surface area contributed by atoms with Crippen LogP contribution in [0.4, 0.5) is 0 Å². The van der Waals surface area contributed by atoms with E-state index in [-0.39, 0.29) is 12.5 Å². The van der Waals surface area contributed by atoms with Gasteiger partial charge in [0.15, 0.2) is 0 Å². The molecule has 1 rings (SSSR count). The van der Waals surface area contributed by atoms with Gasteiger partial charge in [-0.3, -0.25) is 4.79 Å². The minimum atomic E-state index is 0.0155. The van der Waals surface area contributed by atoms with Gasteiger partial charge in [-0.2, -0.15) is 0 Å². The Morgan fingerprint density at radius 3 is 2.94 bits per heavy atom. The molecule has 0 aliphatic heterocycles. The first-order valence-electron chi connectivity index (χ1n) is 5.65. The first kappa shape index (κ1) is 12.7. The van der Waals surface area contributed by atoms with Gasteiger partial charge in [-0.05, 0) is 25.3 Å². The van der Waals surface area contributed by atoms with Crippen LogP contribution in [-0.2, 0) is 11.2 Å². The fourth-order valence-electron chi connectivity index (χ4n) is 1.54. The summed E-state index contributed by atoms with van der Waals surface area (Å²) in [5, 5.41) is 11.4. The van der Waals surface area contributed by atoms with Crippen LogP contribution in [0.5, 0.6) is 0 Å². The second-order valence-corrected chi connectivity index (χ2v) is 3.92. The van der Waals surface area contributed by atoms with E-state index in [4.69, 9.17) is 5.11 Å². The molecule has 88 valence electrons. The molecule has 0 radical (unpaired) electrons. The van der Waals surface area contributed by atoms with Crippen molar-refractivity contribution in [3.05, 3.63) is 35.4 Å². The average Bonchev–Trinajstić information content (AvgIpc) is 2.26. The van der Waals surface area contributed by atoms with Crippen molar-refractivity contribution in [3.8, 4) is 0 Å². The van der Waals surface area contributed by atoms with Crippen LogP contribution < -0.4 is 5.32 Å². The Bertz CT molecular complexity index is 336. The van der Waals surface area contributed by atoms with Crippen molar-refractivity contribution >= 4 is 5.91 Å². The summed E-state index contributed by atoms with van der Waals surface area (Å²) in [7, 11) is 0. The molecule has 0 aromatic heterocycles. The summed E-state index contributed by atoms with van der Waals surface area (Å²) in [6.07, 6.45) is 1.80. The van der Waals surface area contributed by atoms with Gasteiger partial charge in [-0.1, -0.05) is 29.8 Å². The summed E-state index contributed by atoms with van der Waals surface area (Å²) >= 11 is 0. The first-order valence-corrected chi connectivity index (χ1v) is 5.65. The van der Waals surface area contributed by atoms with Crippen LogP contribution in [0.15, 0.2) is 24.3 Å². The lowest BCUT2D eigenvalue weighted by atomic mass is 10.1. The summed E-state index contributed by atoms with van der Waals surface area (Å²) in [5.74, 6) is 0.0155. The molecule has 3 nitrogen and oxygen atoms in total. The zero-order chi connectivity index (χ0) is 11.8. The highest BCUT2D eigenvalue weighted by Gasteiger charge is 1.99. The van der Waals surface area contributed by atoms with E-state index >= 15 is 0 Å². The molecule has 1 amide bonds. The molecule has 0 fully saturated rings. The number of aliphatic hydroxyl groups is 1. The van der Waals surface area contributed by atoms with Crippen molar-refractivity contribution in [2.24, 2.45) is 0 Å². The quantitative estimate of drug-likeness (QED) is 0.763. The van der Waals surface area contributed by atoms with Gasteiger partial charge in [-0.15, -0.1) is 0 Å². The monoisotopic (exact) mass is 221 g/mol. The molecule has 0 unspecified atom stereocenters. The maximum absolute atomic E-state index is 11.2. The SMILES string of the molecule is Cc1cccc(CCNC(=O)CCCO)c1. The molecule has 0 atom stereocenters. The molecular formula is C13H19NO2. The van der Waals surface area contributed by atoms with Crippen molar-refractivity contribution in [3.63, 3.8) is 0 Å². The van der Waals surface area contributed by atoms with Gasteiger partial charge in [0.05, 0.1) is 0 Å². The van der Waals surface area contributed by atoms with Gasteiger partial charge in [0.1, 0.15) is 0 Å². The van der Waals surface area contributed by atoms with Gasteiger partial charge in [0, 0.05) is 19.6 Å². The second kappa shape index (κ2) is 7.01. The largest absolute Gasteiger partial charge is 0.396 e. The summed E-state index contributed by atoms with van der Waals surface area (Å²) < 4.78 is 0. The molecular weight excluding hydrogens is 202 g/mol. The fourth-order valence-corrected chi connectivity index (χ4v) is 1.54. The lowest BCUT2D eigenvalue weighted by Crippen LogP contribution is -2.25. The Labute approximate surface area is 96.5 Å². The van der Waals surface area contributed by atoms with Crippen molar-refractivity contribution < 1.29 is 9.90 Å². The van der Waals surface area contributed by atoms with Gasteiger partial charge < -0.3 is 10.4 Å². The number of aryl methyl sites for hydroxylation is 1. The minimum Gasteiger partial charge on any atom is -0.396 e. The van der Waals surface area contributed by atoms with Gasteiger partial charge in [0.2, 0.25) is 5.91 Å². The third-order valence-electron chi connectivity index (χ3n) is 2.38. The van der Waals surface area contributed by atoms with E-state index in [9.17, 15) is 4.79 Å². The van der Waals surface area contributed by atoms with Crippen LogP contribution >= 0.6 is 0 Å². The number of hydrogen-bond donors (Lipinski definition) is 2. The van der Waals surface area contributed by atoms with Crippen LogP contribution in [0.2, 0.25) is 0 Å². The molecule has 0 saturated carbocycles. The smallest absolute Gasteiger partial charge is 0.220 e. The maximum atomic E-state index is 11.2. The number of carbonyl (C=O) groups is 1. The Morgan fingerprint density at radius 2 is 2.25 bits per heavy atom. The predicted molar refractivity (Wildman–Crippen MR) is 64.2 cm³/mol. The normalized spacial score (nSPS) is 10.1. The van der Waals surface area contributed by atoms with Crippen molar-refractivity contribution in [1.82, 2.24) is 5.32 Å². The van der Waals surface area contributed by atoms with E-state index in [1.54, 1.807) is 0 Å². The highest BCUT2D eigenvalue weighted by atomic mass is 16.3. The van der Waals surface area contributed by atoms with E-state index in [0.717, 1.165) is 6.42 Å². The molecule has 1 aromatic rings. The van der Waals surface area contributed by atoms with Crippen LogP contribution in [0.3, 0.4) is 0 Å². The van der Waals surface area contributed by atoms with Gasteiger partial charge >= 0.3 is 0 Å². The minimum absolute atomic E-state index is 0.0155. The highest BCUT2D eigenvalue weighted by molar-refractivity contribution is 5.75. The Morgan fingerprint density at radius 1 is 1.44 bits per heavy atom. The molecule has 0 saturated heterocycles. The Kier molecular flexibility index (Phi) is 5.57. The third kappa shape index (κ3) is 4.94. The number of benzene rings is 1. The summed E-state index contributed by atoms with van der Waals surface area (Å²) in [4.78, 5) is 11.2. The van der Waals surface area contributed by atoms with Crippen molar-refractivity contribution in [2.45, 2.75) is 26.2 Å². The lowest BCUT2D eigenvalue weighted by molar-refractivity contribution is -0.121. The van der Waals surface area contributed by atoms with E-state index in [0.29, 0.717) is 19.4 Å². The van der Waals surface area contributed by atoms with E-state index in [2.05, 4.69) is 30.4 Å². The molecule has 16 heavy (non-hydrogen) atoms. The first-order chi connectivity index (χ1) is 7.72. The zero-order valence-electron chi connectivity index (χ0n) is 9.70. The Balaban J connectivity index is 2.22. The number of nitrogens with one attached hydrogen (secondary N) is 1. The van der Waals surface area contributed by atoms with E-state index < -0.39 is 0 Å². The number of rotatable bonds is 6. The van der Waals surface area contributed by atoms with Gasteiger partial charge in [-0.25, -0.2) is 0 Å². The molecule has 1 aromatic carbocycles. The van der Waals surface area contributed by atoms with Crippen LogP contribution in [0.1, 0.15) is 24.0 Å². The zero-order valence-corrected chi connectivity index (χ0v) is 9.70. The van der Waals surface area contributed by atoms with Crippen LogP contribution in [0, 0.1) is 6.92 Å². The summed E-state index contributed by atoms with van der Waals surface area (Å²) in [5.41, 5.74) is 2.48. The van der Waals surface area contributed by atoms with Gasteiger partial charge in [0.25, 0.3) is 0 Å². The number of carbonyl (C=O) groups excluding carboxylic acids is 1. The fraction of sp³-hybridized carbons (Fsp3) is 0.462. The molecule has 0 spiro atoms. The van der Waals surface area contributed by atoms with Crippen molar-refractivity contribution in [2.75, 3.05) is 13.2 Å². The average molecular weight is 221 g/mol. The van der Waals surface area contributed by atoms with Crippen LogP contribution in [0.25, 0.3) is 0 Å². The Hall–Kier alpha value is -1.35. The molecule has 0 aliphatic rings.